The van der Waals surface area contributed by atoms with E-state index in [0.717, 1.165) is 12.8 Å². The van der Waals surface area contributed by atoms with E-state index in [2.05, 4.69) is 36.3 Å². The molecule has 0 spiro atoms. The number of amides is 2. The molecule has 202 valence electrons. The van der Waals surface area contributed by atoms with Crippen molar-refractivity contribution < 1.29 is 14.3 Å². The van der Waals surface area contributed by atoms with Gasteiger partial charge in [0.05, 0.1) is 54.0 Å². The van der Waals surface area contributed by atoms with Crippen molar-refractivity contribution in [2.75, 3.05) is 60.4 Å². The highest BCUT2D eigenvalue weighted by molar-refractivity contribution is 6.36. The van der Waals surface area contributed by atoms with E-state index in [1.807, 2.05) is 4.90 Å². The fraction of sp³-hybridized carbons (Fsp3) is 0.478. The van der Waals surface area contributed by atoms with Crippen LogP contribution in [0.3, 0.4) is 0 Å². The maximum atomic E-state index is 12.4. The zero-order valence-corrected chi connectivity index (χ0v) is 21.5. The molecule has 1 aliphatic carbocycles. The van der Waals surface area contributed by atoms with Gasteiger partial charge >= 0.3 is 6.03 Å². The molecule has 2 saturated heterocycles. The van der Waals surface area contributed by atoms with Crippen molar-refractivity contribution in [2.45, 2.75) is 37.1 Å². The molecule has 0 bridgehead atoms. The van der Waals surface area contributed by atoms with Gasteiger partial charge in [0, 0.05) is 31.9 Å². The van der Waals surface area contributed by atoms with Crippen LogP contribution in [0.1, 0.15) is 12.8 Å². The minimum atomic E-state index is -0.254. The normalized spacial score (nSPS) is 21.4. The number of nitrogens with zero attached hydrogens (tertiary/aromatic N) is 5. The number of rotatable bonds is 8. The summed E-state index contributed by atoms with van der Waals surface area (Å²) in [5.41, 5.74) is 14.6. The van der Waals surface area contributed by atoms with Crippen molar-refractivity contribution in [1.29, 1.82) is 0 Å². The number of ether oxygens (including phenoxy) is 2. The molecule has 6 rings (SSSR count). The van der Waals surface area contributed by atoms with Crippen molar-refractivity contribution in [3.05, 3.63) is 23.4 Å². The highest BCUT2D eigenvalue weighted by atomic mass is 35.5. The number of carbonyl (C=O) groups is 1. The summed E-state index contributed by atoms with van der Waals surface area (Å²) < 4.78 is 12.3. The van der Waals surface area contributed by atoms with Crippen LogP contribution < -0.4 is 37.6 Å². The first-order valence-electron chi connectivity index (χ1n) is 12.4. The third kappa shape index (κ3) is 4.89. The third-order valence-corrected chi connectivity index (χ3v) is 7.23. The molecule has 2 aliphatic heterocycles. The second kappa shape index (κ2) is 9.85. The van der Waals surface area contributed by atoms with E-state index < -0.39 is 0 Å². The number of fused-ring (bicyclic) bond motifs is 1. The lowest BCUT2D eigenvalue weighted by molar-refractivity contribution is -0.000447. The molecule has 2 atom stereocenters. The average molecular weight is 544 g/mol. The minimum absolute atomic E-state index is 0.0320. The fourth-order valence-electron chi connectivity index (χ4n) is 4.60. The topological polar surface area (TPSA) is 182 Å². The Kier molecular flexibility index (Phi) is 6.37. The summed E-state index contributed by atoms with van der Waals surface area (Å²) in [5.74, 6) is 1.26. The van der Waals surface area contributed by atoms with Crippen LogP contribution in [0.5, 0.6) is 0 Å². The van der Waals surface area contributed by atoms with Gasteiger partial charge in [-0.25, -0.2) is 9.78 Å². The molecular weight excluding hydrogens is 514 g/mol. The number of aromatic nitrogens is 4. The predicted octanol–water partition coefficient (Wildman–Crippen LogP) is 1.16. The molecule has 14 nitrogen and oxygen atoms in total. The number of hydrogen-bond acceptors (Lipinski definition) is 11. The highest BCUT2D eigenvalue weighted by Crippen LogP contribution is 2.38. The van der Waals surface area contributed by atoms with E-state index >= 15 is 0 Å². The maximum absolute atomic E-state index is 12.4. The summed E-state index contributed by atoms with van der Waals surface area (Å²) in [7, 11) is 1.62. The zero-order valence-electron chi connectivity index (χ0n) is 20.8. The number of imidazole rings is 1. The van der Waals surface area contributed by atoms with Crippen molar-refractivity contribution in [3.8, 4) is 0 Å². The lowest BCUT2D eigenvalue weighted by Crippen LogP contribution is -2.55. The molecule has 0 unspecified atom stereocenters. The van der Waals surface area contributed by atoms with Crippen LogP contribution in [0, 0.1) is 0 Å². The number of methoxy groups -OCH3 is 1. The molecule has 1 aromatic carbocycles. The Morgan fingerprint density at radius 1 is 1.18 bits per heavy atom. The van der Waals surface area contributed by atoms with Gasteiger partial charge in [0.2, 0.25) is 5.95 Å². The van der Waals surface area contributed by atoms with Gasteiger partial charge in [-0.3, -0.25) is 0 Å². The van der Waals surface area contributed by atoms with Crippen LogP contribution in [0.2, 0.25) is 5.02 Å². The van der Waals surface area contributed by atoms with E-state index in [1.165, 1.54) is 4.52 Å². The summed E-state index contributed by atoms with van der Waals surface area (Å²) in [4.78, 5) is 23.4. The summed E-state index contributed by atoms with van der Waals surface area (Å²) >= 11 is 6.88. The number of nitrogen functional groups attached to an aromatic ring is 2. The van der Waals surface area contributed by atoms with Crippen LogP contribution in [0.25, 0.3) is 5.65 Å². The number of urea groups is 1. The molecule has 8 N–H and O–H groups in total. The summed E-state index contributed by atoms with van der Waals surface area (Å²) in [6, 6.07) is 3.40. The molecule has 38 heavy (non-hydrogen) atoms. The molecule has 4 heterocycles. The van der Waals surface area contributed by atoms with E-state index in [0.29, 0.717) is 71.7 Å². The van der Waals surface area contributed by atoms with Crippen molar-refractivity contribution >= 4 is 57.9 Å². The second-order valence-electron chi connectivity index (χ2n) is 9.79. The summed E-state index contributed by atoms with van der Waals surface area (Å²) in [5, 5.41) is 17.4. The Balaban J connectivity index is 1.23. The van der Waals surface area contributed by atoms with Gasteiger partial charge < -0.3 is 47.1 Å². The lowest BCUT2D eigenvalue weighted by Gasteiger charge is -2.28. The number of halogens is 1. The number of nitrogens with two attached hydrogens (primary N) is 2. The van der Waals surface area contributed by atoms with E-state index in [1.54, 1.807) is 25.4 Å². The quantitative estimate of drug-likeness (QED) is 0.224. The molecule has 1 saturated carbocycles. The first-order chi connectivity index (χ1) is 18.4. The van der Waals surface area contributed by atoms with Gasteiger partial charge in [-0.15, -0.1) is 5.10 Å². The zero-order chi connectivity index (χ0) is 26.4. The largest absolute Gasteiger partial charge is 0.399 e. The smallest absolute Gasteiger partial charge is 0.315 e. The number of hydrogen-bond donors (Lipinski definition) is 6. The molecular formula is C23H30ClN11O3. The lowest BCUT2D eigenvalue weighted by atomic mass is 10.2. The van der Waals surface area contributed by atoms with Crippen LogP contribution in [0.15, 0.2) is 18.3 Å². The van der Waals surface area contributed by atoms with Gasteiger partial charge in [0.1, 0.15) is 5.82 Å². The third-order valence-electron chi connectivity index (χ3n) is 6.83. The number of carbonyl (C=O) groups excluding carboxylic acids is 1. The fourth-order valence-corrected chi connectivity index (χ4v) is 4.88. The van der Waals surface area contributed by atoms with Crippen LogP contribution in [-0.4, -0.2) is 83.3 Å². The number of anilines is 6. The second-order valence-corrected chi connectivity index (χ2v) is 10.2. The van der Waals surface area contributed by atoms with Crippen LogP contribution >= 0.6 is 11.6 Å². The Bertz CT molecular complexity index is 1360. The Hall–Kier alpha value is -3.75. The average Bonchev–Trinajstić information content (AvgIpc) is 3.47. The van der Waals surface area contributed by atoms with Gasteiger partial charge in [-0.05, 0) is 25.0 Å². The van der Waals surface area contributed by atoms with Gasteiger partial charge in [-0.1, -0.05) is 11.6 Å². The SMILES string of the molecule is CO[C@@H]1CN(c2cc(N)cc(Nc3nc(NC4CC4)c4ncc(N)n4n3)c2Cl)C[C@@H]1NC(=O)NC1COC1. The number of benzene rings is 1. The Morgan fingerprint density at radius 2 is 2.00 bits per heavy atom. The maximum Gasteiger partial charge on any atom is 0.315 e. The molecule has 0 radical (unpaired) electrons. The van der Waals surface area contributed by atoms with Crippen LogP contribution in [-0.2, 0) is 9.47 Å². The highest BCUT2D eigenvalue weighted by Gasteiger charge is 2.36. The monoisotopic (exact) mass is 543 g/mol. The molecule has 15 heteroatoms. The molecule has 3 fully saturated rings. The molecule has 2 amide bonds. The van der Waals surface area contributed by atoms with Gasteiger partial charge in [0.25, 0.3) is 0 Å². The Morgan fingerprint density at radius 3 is 2.71 bits per heavy atom. The summed E-state index contributed by atoms with van der Waals surface area (Å²) in [6.07, 6.45) is 3.45. The Labute approximate surface area is 223 Å². The van der Waals surface area contributed by atoms with E-state index in [4.69, 9.17) is 32.5 Å². The first-order valence-corrected chi connectivity index (χ1v) is 12.8. The summed E-state index contributed by atoms with van der Waals surface area (Å²) in [6.45, 7) is 2.04. The molecule has 3 aliphatic rings. The van der Waals surface area contributed by atoms with Crippen LogP contribution in [0.4, 0.5) is 39.4 Å². The van der Waals surface area contributed by atoms with E-state index in [9.17, 15) is 4.79 Å². The van der Waals surface area contributed by atoms with E-state index in [-0.39, 0.29) is 30.2 Å². The number of nitrogens with one attached hydrogen (secondary N) is 4. The molecule has 3 aromatic rings. The van der Waals surface area contributed by atoms with Crippen molar-refractivity contribution in [3.63, 3.8) is 0 Å². The first kappa shape index (κ1) is 24.6. The van der Waals surface area contributed by atoms with Gasteiger partial charge in [-0.2, -0.15) is 9.50 Å². The molecule has 2 aromatic heterocycles. The minimum Gasteiger partial charge on any atom is -0.399 e. The van der Waals surface area contributed by atoms with Crippen molar-refractivity contribution in [2.24, 2.45) is 0 Å². The predicted molar refractivity (Wildman–Crippen MR) is 144 cm³/mol. The van der Waals surface area contributed by atoms with Crippen molar-refractivity contribution in [1.82, 2.24) is 30.2 Å². The standard InChI is InChI=1S/C23H30ClN11O3/c1-37-17-8-34(7-15(17)31-23(36)29-13-9-38-10-13)16-5-11(25)4-14(19(16)24)30-22-32-20(28-12-2-3-12)21-27-6-18(26)35(21)33-22/h4-6,12-13,15,17H,2-3,7-10,25-26H2,1H3,(H2,29,31,36)(H2,28,30,32,33)/t15-,17+/m0/s1. The van der Waals surface area contributed by atoms with Gasteiger partial charge in [0.15, 0.2) is 11.5 Å².